The van der Waals surface area contributed by atoms with Crippen molar-refractivity contribution in [1.82, 2.24) is 0 Å². The summed E-state index contributed by atoms with van der Waals surface area (Å²) in [6.45, 7) is 0. The Morgan fingerprint density at radius 3 is 1.29 bits per heavy atom. The Kier molecular flexibility index (Phi) is 2.80. The third kappa shape index (κ3) is 1.79. The van der Waals surface area contributed by atoms with Gasteiger partial charge in [-0.05, 0) is 49.7 Å². The van der Waals surface area contributed by atoms with Gasteiger partial charge >= 0.3 is 0 Å². The van der Waals surface area contributed by atoms with Crippen LogP contribution < -0.4 is 0 Å². The van der Waals surface area contributed by atoms with Crippen LogP contribution in [0.25, 0.3) is 0 Å². The van der Waals surface area contributed by atoms with Crippen molar-refractivity contribution in [3.8, 4) is 0 Å². The quantitative estimate of drug-likeness (QED) is 0.667. The lowest BCUT2D eigenvalue weighted by Crippen LogP contribution is -2.07. The molecule has 0 heterocycles. The molecule has 0 bridgehead atoms. The first-order valence-electron chi connectivity index (χ1n) is 5.61. The van der Waals surface area contributed by atoms with Crippen LogP contribution in [0.3, 0.4) is 0 Å². The van der Waals surface area contributed by atoms with Crippen LogP contribution in [0.5, 0.6) is 0 Å². The Balaban J connectivity index is 2.28. The first kappa shape index (κ1) is 9.63. The van der Waals surface area contributed by atoms with E-state index in [4.69, 9.17) is 0 Å². The molecule has 2 heteroatoms. The van der Waals surface area contributed by atoms with Crippen LogP contribution in [0.4, 0.5) is 0 Å². The maximum Gasteiger partial charge on any atom is 0.0958 e. The summed E-state index contributed by atoms with van der Waals surface area (Å²) in [5.74, 6) is 1.06. The lowest BCUT2D eigenvalue weighted by molar-refractivity contribution is 0.342. The highest BCUT2D eigenvalue weighted by atomic mass is 16.3. The first-order valence-corrected chi connectivity index (χ1v) is 5.61. The van der Waals surface area contributed by atoms with E-state index in [2.05, 4.69) is 0 Å². The van der Waals surface area contributed by atoms with Crippen molar-refractivity contribution < 1.29 is 10.2 Å². The molecule has 0 atom stereocenters. The van der Waals surface area contributed by atoms with Gasteiger partial charge in [0.1, 0.15) is 0 Å². The van der Waals surface area contributed by atoms with Gasteiger partial charge in [-0.15, -0.1) is 0 Å². The number of aliphatic hydroxyl groups is 2. The Hall–Kier alpha value is -0.920. The monoisotopic (exact) mass is 194 g/mol. The number of hydrogen-bond acceptors (Lipinski definition) is 2. The van der Waals surface area contributed by atoms with Crippen LogP contribution in [0, 0.1) is 0 Å². The van der Waals surface area contributed by atoms with Gasteiger partial charge in [0.25, 0.3) is 0 Å². The zero-order valence-corrected chi connectivity index (χ0v) is 8.55. The van der Waals surface area contributed by atoms with E-state index in [9.17, 15) is 10.2 Å². The van der Waals surface area contributed by atoms with Gasteiger partial charge in [0, 0.05) is 12.8 Å². The van der Waals surface area contributed by atoms with Crippen molar-refractivity contribution in [2.45, 2.75) is 51.4 Å². The molecule has 0 saturated carbocycles. The van der Waals surface area contributed by atoms with Gasteiger partial charge in [0.15, 0.2) is 0 Å². The third-order valence-electron chi connectivity index (χ3n) is 3.24. The smallest absolute Gasteiger partial charge is 0.0958 e. The molecule has 0 fully saturated rings. The second kappa shape index (κ2) is 4.07. The van der Waals surface area contributed by atoms with Crippen molar-refractivity contribution in [3.63, 3.8) is 0 Å². The van der Waals surface area contributed by atoms with Gasteiger partial charge in [-0.1, -0.05) is 0 Å². The van der Waals surface area contributed by atoms with E-state index in [1.807, 2.05) is 0 Å². The average molecular weight is 194 g/mol. The lowest BCUT2D eigenvalue weighted by Gasteiger charge is -2.22. The zero-order valence-electron chi connectivity index (χ0n) is 8.55. The van der Waals surface area contributed by atoms with Gasteiger partial charge in [-0.2, -0.15) is 0 Å². The molecule has 78 valence electrons. The molecule has 14 heavy (non-hydrogen) atoms. The van der Waals surface area contributed by atoms with Crippen LogP contribution in [0.1, 0.15) is 51.4 Å². The van der Waals surface area contributed by atoms with Crippen molar-refractivity contribution in [1.29, 1.82) is 0 Å². The molecule has 0 radical (unpaired) electrons. The number of rotatable bonds is 1. The molecule has 0 saturated heterocycles. The summed E-state index contributed by atoms with van der Waals surface area (Å²) in [5, 5.41) is 19.5. The second-order valence-electron chi connectivity index (χ2n) is 4.26. The molecule has 0 aliphatic heterocycles. The largest absolute Gasteiger partial charge is 0.512 e. The molecule has 2 aliphatic carbocycles. The fraction of sp³-hybridized carbons (Fsp3) is 0.667. The highest BCUT2D eigenvalue weighted by Crippen LogP contribution is 2.35. The standard InChI is InChI=1S/C12H18O2/c13-11-7-3-1-5-9(11)10-6-2-4-8-12(10)14/h13-14H,1-8H2. The van der Waals surface area contributed by atoms with Crippen molar-refractivity contribution in [2.24, 2.45) is 0 Å². The molecule has 2 rings (SSSR count). The molecule has 0 amide bonds. The number of hydrogen-bond donors (Lipinski definition) is 2. The third-order valence-corrected chi connectivity index (χ3v) is 3.24. The van der Waals surface area contributed by atoms with Crippen molar-refractivity contribution >= 4 is 0 Å². The minimum Gasteiger partial charge on any atom is -0.512 e. The predicted molar refractivity (Wildman–Crippen MR) is 56.2 cm³/mol. The van der Waals surface area contributed by atoms with E-state index >= 15 is 0 Å². The topological polar surface area (TPSA) is 40.5 Å². The van der Waals surface area contributed by atoms with Crippen LogP contribution in [-0.4, -0.2) is 10.2 Å². The lowest BCUT2D eigenvalue weighted by atomic mass is 9.85. The fourth-order valence-corrected chi connectivity index (χ4v) is 2.43. The van der Waals surface area contributed by atoms with E-state index in [0.717, 1.165) is 62.5 Å². The van der Waals surface area contributed by atoms with Gasteiger partial charge in [0.2, 0.25) is 0 Å². The average Bonchev–Trinajstić information content (AvgIpc) is 2.20. The summed E-state index contributed by atoms with van der Waals surface area (Å²) < 4.78 is 0. The molecular weight excluding hydrogens is 176 g/mol. The number of allylic oxidation sites excluding steroid dienone is 4. The second-order valence-corrected chi connectivity index (χ2v) is 4.26. The summed E-state index contributed by atoms with van der Waals surface area (Å²) in [5.41, 5.74) is 2.10. The van der Waals surface area contributed by atoms with Crippen molar-refractivity contribution in [2.75, 3.05) is 0 Å². The summed E-state index contributed by atoms with van der Waals surface area (Å²) in [7, 11) is 0. The summed E-state index contributed by atoms with van der Waals surface area (Å²) in [4.78, 5) is 0. The first-order chi connectivity index (χ1) is 6.79. The van der Waals surface area contributed by atoms with Gasteiger partial charge in [-0.3, -0.25) is 0 Å². The molecule has 0 spiro atoms. The molecule has 0 unspecified atom stereocenters. The summed E-state index contributed by atoms with van der Waals surface area (Å²) in [6, 6.07) is 0. The molecule has 2 aliphatic rings. The Morgan fingerprint density at radius 2 is 0.929 bits per heavy atom. The van der Waals surface area contributed by atoms with E-state index in [0.29, 0.717) is 11.5 Å². The summed E-state index contributed by atoms with van der Waals surface area (Å²) in [6.07, 6.45) is 7.97. The maximum absolute atomic E-state index is 9.77. The molecule has 2 N–H and O–H groups in total. The molecule has 0 aromatic heterocycles. The van der Waals surface area contributed by atoms with Gasteiger partial charge < -0.3 is 10.2 Å². The van der Waals surface area contributed by atoms with Crippen LogP contribution >= 0.6 is 0 Å². The molecule has 0 aromatic carbocycles. The van der Waals surface area contributed by atoms with E-state index in [1.54, 1.807) is 0 Å². The van der Waals surface area contributed by atoms with Crippen LogP contribution in [-0.2, 0) is 0 Å². The predicted octanol–water partition coefficient (Wildman–Crippen LogP) is 3.76. The van der Waals surface area contributed by atoms with Crippen LogP contribution in [0.2, 0.25) is 0 Å². The van der Waals surface area contributed by atoms with E-state index < -0.39 is 0 Å². The van der Waals surface area contributed by atoms with Gasteiger partial charge in [0.05, 0.1) is 11.5 Å². The fourth-order valence-electron chi connectivity index (χ4n) is 2.43. The molecule has 2 nitrogen and oxygen atoms in total. The zero-order chi connectivity index (χ0) is 9.97. The SMILES string of the molecule is OC1=C(C2=C(O)CCCC2)CCCC1. The van der Waals surface area contributed by atoms with Crippen molar-refractivity contribution in [3.05, 3.63) is 22.7 Å². The van der Waals surface area contributed by atoms with Crippen LogP contribution in [0.15, 0.2) is 22.7 Å². The van der Waals surface area contributed by atoms with E-state index in [1.165, 1.54) is 0 Å². The Morgan fingerprint density at radius 1 is 0.571 bits per heavy atom. The Bertz CT molecular complexity index is 257. The normalized spacial score (nSPS) is 24.3. The highest BCUT2D eigenvalue weighted by Gasteiger charge is 2.20. The summed E-state index contributed by atoms with van der Waals surface area (Å²) >= 11 is 0. The van der Waals surface area contributed by atoms with E-state index in [-0.39, 0.29) is 0 Å². The molecular formula is C12H18O2. The number of aliphatic hydroxyl groups excluding tert-OH is 2. The highest BCUT2D eigenvalue weighted by molar-refractivity contribution is 5.37. The Labute approximate surface area is 85.0 Å². The minimum atomic E-state index is 0.528. The minimum absolute atomic E-state index is 0.528. The maximum atomic E-state index is 9.77. The molecule has 0 aromatic rings. The van der Waals surface area contributed by atoms with Gasteiger partial charge in [-0.25, -0.2) is 0 Å².